The maximum Gasteiger partial charge on any atom is 0.435 e. The standard InChI is InChI=1S/C21H24N4O6/c1-3-30-21(28)25-18-14(10-23-25)6-4-5-13-9-15(7-8-17(13)18)24-12-16(31-20(24)27)11-22-19(26)29-2/h7-10,16H,3-6,11-12H2,1-2H3,(H,22,26)/t16-/m0/s1. The van der Waals surface area contributed by atoms with Crippen LogP contribution in [-0.4, -0.2) is 61.0 Å². The summed E-state index contributed by atoms with van der Waals surface area (Å²) in [5, 5.41) is 6.77. The van der Waals surface area contributed by atoms with Crippen LogP contribution in [0.3, 0.4) is 0 Å². The van der Waals surface area contributed by atoms with Gasteiger partial charge in [0.15, 0.2) is 0 Å². The van der Waals surface area contributed by atoms with Gasteiger partial charge in [-0.1, -0.05) is 6.07 Å². The largest absolute Gasteiger partial charge is 0.453 e. The van der Waals surface area contributed by atoms with Gasteiger partial charge in [-0.15, -0.1) is 0 Å². The predicted octanol–water partition coefficient (Wildman–Crippen LogP) is 2.72. The zero-order valence-corrected chi connectivity index (χ0v) is 17.4. The number of carbonyl (C=O) groups is 3. The molecule has 1 aliphatic heterocycles. The Kier molecular flexibility index (Phi) is 5.79. The first-order valence-electron chi connectivity index (χ1n) is 10.2. The SMILES string of the molecule is CCOC(=O)n1ncc2c1-c1ccc(N3C[C@H](CNC(=O)OC)OC3=O)cc1CCC2. The molecule has 10 heteroatoms. The molecule has 1 atom stereocenters. The van der Waals surface area contributed by atoms with Crippen LogP contribution in [0.15, 0.2) is 24.4 Å². The van der Waals surface area contributed by atoms with Crippen LogP contribution in [0.1, 0.15) is 24.5 Å². The summed E-state index contributed by atoms with van der Waals surface area (Å²) in [7, 11) is 1.28. The van der Waals surface area contributed by atoms with E-state index >= 15 is 0 Å². The highest BCUT2D eigenvalue weighted by molar-refractivity contribution is 5.91. The molecule has 1 fully saturated rings. The molecule has 0 unspecified atom stereocenters. The van der Waals surface area contributed by atoms with E-state index < -0.39 is 24.4 Å². The number of benzene rings is 1. The summed E-state index contributed by atoms with van der Waals surface area (Å²) in [6, 6.07) is 5.68. The lowest BCUT2D eigenvalue weighted by Gasteiger charge is -2.17. The van der Waals surface area contributed by atoms with Crippen molar-refractivity contribution in [1.29, 1.82) is 0 Å². The van der Waals surface area contributed by atoms with Crippen LogP contribution >= 0.6 is 0 Å². The molecule has 10 nitrogen and oxygen atoms in total. The van der Waals surface area contributed by atoms with E-state index in [0.717, 1.165) is 41.6 Å². The maximum absolute atomic E-state index is 12.4. The van der Waals surface area contributed by atoms with Crippen molar-refractivity contribution < 1.29 is 28.6 Å². The number of nitrogens with one attached hydrogen (secondary N) is 1. The molecule has 1 saturated heterocycles. The molecule has 31 heavy (non-hydrogen) atoms. The molecule has 164 valence electrons. The number of methoxy groups -OCH3 is 1. The zero-order chi connectivity index (χ0) is 22.0. The van der Waals surface area contributed by atoms with Crippen molar-refractivity contribution in [2.45, 2.75) is 32.3 Å². The topological polar surface area (TPSA) is 112 Å². The van der Waals surface area contributed by atoms with Gasteiger partial charge < -0.3 is 19.5 Å². The summed E-state index contributed by atoms with van der Waals surface area (Å²) >= 11 is 0. The minimum absolute atomic E-state index is 0.169. The highest BCUT2D eigenvalue weighted by atomic mass is 16.6. The number of hydrogen-bond donors (Lipinski definition) is 1. The number of ether oxygens (including phenoxy) is 3. The lowest BCUT2D eigenvalue weighted by molar-refractivity contribution is 0.132. The summed E-state index contributed by atoms with van der Waals surface area (Å²) in [6.07, 6.45) is 2.19. The fourth-order valence-electron chi connectivity index (χ4n) is 3.94. The van der Waals surface area contributed by atoms with Crippen LogP contribution in [0, 0.1) is 0 Å². The van der Waals surface area contributed by atoms with Gasteiger partial charge in [-0.3, -0.25) is 4.90 Å². The van der Waals surface area contributed by atoms with E-state index in [9.17, 15) is 14.4 Å². The lowest BCUT2D eigenvalue weighted by Crippen LogP contribution is -2.34. The normalized spacial score (nSPS) is 17.3. The van der Waals surface area contributed by atoms with E-state index in [4.69, 9.17) is 9.47 Å². The number of aryl methyl sites for hydroxylation is 2. The van der Waals surface area contributed by atoms with Crippen molar-refractivity contribution in [3.05, 3.63) is 35.5 Å². The molecule has 1 aromatic carbocycles. The summed E-state index contributed by atoms with van der Waals surface area (Å²) in [5.41, 5.74) is 4.36. The molecule has 2 amide bonds. The second kappa shape index (κ2) is 8.66. The molecular weight excluding hydrogens is 404 g/mol. The van der Waals surface area contributed by atoms with Gasteiger partial charge >= 0.3 is 18.3 Å². The zero-order valence-electron chi connectivity index (χ0n) is 17.4. The highest BCUT2D eigenvalue weighted by Crippen LogP contribution is 2.35. The van der Waals surface area contributed by atoms with Crippen LogP contribution in [0.5, 0.6) is 0 Å². The van der Waals surface area contributed by atoms with E-state index in [1.54, 1.807) is 18.0 Å². The van der Waals surface area contributed by atoms with Crippen molar-refractivity contribution in [1.82, 2.24) is 15.1 Å². The first kappa shape index (κ1) is 20.7. The van der Waals surface area contributed by atoms with Gasteiger partial charge in [0.1, 0.15) is 6.10 Å². The van der Waals surface area contributed by atoms with Gasteiger partial charge in [0.05, 0.1) is 38.7 Å². The smallest absolute Gasteiger partial charge is 0.435 e. The van der Waals surface area contributed by atoms with Crippen molar-refractivity contribution in [2.75, 3.05) is 31.7 Å². The molecule has 1 aliphatic carbocycles. The molecule has 1 aromatic heterocycles. The molecule has 4 rings (SSSR count). The minimum Gasteiger partial charge on any atom is -0.453 e. The molecule has 0 spiro atoms. The number of carbonyl (C=O) groups excluding carboxylic acids is 3. The third-order valence-electron chi connectivity index (χ3n) is 5.37. The second-order valence-electron chi connectivity index (χ2n) is 7.31. The summed E-state index contributed by atoms with van der Waals surface area (Å²) in [5.74, 6) is 0. The Bertz CT molecular complexity index is 1020. The molecule has 2 aromatic rings. The number of alkyl carbamates (subject to hydrolysis) is 1. The average molecular weight is 428 g/mol. The van der Waals surface area contributed by atoms with E-state index in [0.29, 0.717) is 12.2 Å². The van der Waals surface area contributed by atoms with Crippen LogP contribution in [-0.2, 0) is 27.1 Å². The Morgan fingerprint density at radius 1 is 1.29 bits per heavy atom. The van der Waals surface area contributed by atoms with Crippen molar-refractivity contribution in [3.63, 3.8) is 0 Å². The molecule has 2 heterocycles. The molecular formula is C21H24N4O6. The van der Waals surface area contributed by atoms with Gasteiger partial charge in [-0.25, -0.2) is 14.4 Å². The lowest BCUT2D eigenvalue weighted by atomic mass is 10.0. The fourth-order valence-corrected chi connectivity index (χ4v) is 3.94. The monoisotopic (exact) mass is 428 g/mol. The first-order chi connectivity index (χ1) is 15.0. The van der Waals surface area contributed by atoms with E-state index in [1.165, 1.54) is 11.8 Å². The number of anilines is 1. The van der Waals surface area contributed by atoms with Crippen LogP contribution < -0.4 is 10.2 Å². The van der Waals surface area contributed by atoms with Gasteiger partial charge in [-0.05, 0) is 49.4 Å². The highest BCUT2D eigenvalue weighted by Gasteiger charge is 2.33. The van der Waals surface area contributed by atoms with Crippen molar-refractivity contribution in [2.24, 2.45) is 0 Å². The average Bonchev–Trinajstić information content (AvgIpc) is 3.30. The van der Waals surface area contributed by atoms with Gasteiger partial charge in [0, 0.05) is 11.3 Å². The quantitative estimate of drug-likeness (QED) is 0.745. The minimum atomic E-state index is -0.575. The molecule has 0 saturated carbocycles. The summed E-state index contributed by atoms with van der Waals surface area (Å²) < 4.78 is 16.3. The number of nitrogens with zero attached hydrogens (tertiary/aromatic N) is 3. The Labute approximate surface area is 179 Å². The van der Waals surface area contributed by atoms with Crippen molar-refractivity contribution in [3.8, 4) is 11.3 Å². The predicted molar refractivity (Wildman–Crippen MR) is 110 cm³/mol. The third kappa shape index (κ3) is 4.05. The Morgan fingerprint density at radius 2 is 2.10 bits per heavy atom. The fraction of sp³-hybridized carbons (Fsp3) is 0.429. The van der Waals surface area contributed by atoms with E-state index in [2.05, 4.69) is 15.2 Å². The van der Waals surface area contributed by atoms with Crippen LogP contribution in [0.2, 0.25) is 0 Å². The second-order valence-corrected chi connectivity index (χ2v) is 7.31. The van der Waals surface area contributed by atoms with Crippen LogP contribution in [0.25, 0.3) is 11.3 Å². The third-order valence-corrected chi connectivity index (χ3v) is 5.37. The Balaban J connectivity index is 1.59. The summed E-state index contributed by atoms with van der Waals surface area (Å²) in [4.78, 5) is 37.6. The molecule has 2 aliphatic rings. The van der Waals surface area contributed by atoms with Crippen LogP contribution in [0.4, 0.5) is 20.1 Å². The van der Waals surface area contributed by atoms with Crippen molar-refractivity contribution >= 4 is 24.0 Å². The Morgan fingerprint density at radius 3 is 2.87 bits per heavy atom. The molecule has 1 N–H and O–H groups in total. The maximum atomic E-state index is 12.4. The van der Waals surface area contributed by atoms with Gasteiger partial charge in [-0.2, -0.15) is 9.78 Å². The number of amides is 2. The Hall–Kier alpha value is -3.56. The number of cyclic esters (lactones) is 1. The summed E-state index contributed by atoms with van der Waals surface area (Å²) in [6.45, 7) is 2.50. The van der Waals surface area contributed by atoms with Gasteiger partial charge in [0.25, 0.3) is 0 Å². The molecule has 0 radical (unpaired) electrons. The number of rotatable bonds is 4. The molecule has 0 bridgehead atoms. The van der Waals surface area contributed by atoms with E-state index in [-0.39, 0.29) is 13.2 Å². The van der Waals surface area contributed by atoms with Gasteiger partial charge in [0.2, 0.25) is 0 Å². The number of aromatic nitrogens is 2. The van der Waals surface area contributed by atoms with E-state index in [1.807, 2.05) is 18.2 Å². The first-order valence-corrected chi connectivity index (χ1v) is 10.2. The number of hydrogen-bond acceptors (Lipinski definition) is 7. The number of fused-ring (bicyclic) bond motifs is 3.